The molecule has 2 aromatic rings. The molecule has 1 heterocycles. The van der Waals surface area contributed by atoms with Gasteiger partial charge in [0.05, 0.1) is 0 Å². The van der Waals surface area contributed by atoms with E-state index in [1.54, 1.807) is 27.0 Å². The van der Waals surface area contributed by atoms with Gasteiger partial charge in [-0.05, 0) is 32.4 Å². The highest BCUT2D eigenvalue weighted by molar-refractivity contribution is 5.90. The number of benzene rings is 1. The number of alkyl carbamates (subject to hydrolysis) is 1. The predicted octanol–water partition coefficient (Wildman–Crippen LogP) is 1.02. The number of aromatic nitrogens is 1. The van der Waals surface area contributed by atoms with Gasteiger partial charge in [0.25, 0.3) is 11.8 Å². The van der Waals surface area contributed by atoms with Gasteiger partial charge in [-0.25, -0.2) is 9.59 Å². The zero-order valence-electron chi connectivity index (χ0n) is 16.9. The van der Waals surface area contributed by atoms with E-state index in [2.05, 4.69) is 26.5 Å². The number of para-hydroxylation sites is 1. The van der Waals surface area contributed by atoms with E-state index in [1.165, 1.54) is 0 Å². The summed E-state index contributed by atoms with van der Waals surface area (Å²) in [5.41, 5.74) is 5.14. The van der Waals surface area contributed by atoms with E-state index in [4.69, 9.17) is 9.84 Å². The van der Waals surface area contributed by atoms with Crippen LogP contribution in [0, 0.1) is 0 Å². The first-order valence-corrected chi connectivity index (χ1v) is 9.15. The molecule has 2 rings (SSSR count). The van der Waals surface area contributed by atoms with Gasteiger partial charge in [-0.3, -0.25) is 20.4 Å². The lowest BCUT2D eigenvalue weighted by Gasteiger charge is -2.20. The standard InChI is InChI=1S/C19H25N5O6/c1-19(2,3)30-18(29)21-10-15(25)23-24-16(26)14(22-17(27)28)8-11-9-20-13-7-5-4-6-12(11)13/h4-7,9,14,20,22H,8,10H2,1-3H3,(H,21,29)(H,23,25)(H,24,26)(H,27,28)/t14-/m0/s1. The lowest BCUT2D eigenvalue weighted by Crippen LogP contribution is -2.54. The molecule has 0 bridgehead atoms. The van der Waals surface area contributed by atoms with Crippen molar-refractivity contribution >= 4 is 34.9 Å². The van der Waals surface area contributed by atoms with E-state index in [9.17, 15) is 19.2 Å². The molecule has 0 saturated carbocycles. The van der Waals surface area contributed by atoms with Crippen LogP contribution in [-0.2, 0) is 20.7 Å². The summed E-state index contributed by atoms with van der Waals surface area (Å²) in [5, 5.41) is 14.3. The SMILES string of the molecule is CC(C)(C)OC(=O)NCC(=O)NNC(=O)[C@H](Cc1c[nH]c2ccccc12)NC(=O)O. The molecule has 11 nitrogen and oxygen atoms in total. The smallest absolute Gasteiger partial charge is 0.408 e. The van der Waals surface area contributed by atoms with E-state index >= 15 is 0 Å². The first kappa shape index (κ1) is 22.5. The second-order valence-electron chi connectivity index (χ2n) is 7.46. The van der Waals surface area contributed by atoms with Crippen LogP contribution in [0.4, 0.5) is 9.59 Å². The molecule has 0 aliphatic carbocycles. The third-order valence-electron chi connectivity index (χ3n) is 3.83. The summed E-state index contributed by atoms with van der Waals surface area (Å²) in [7, 11) is 0. The number of rotatable bonds is 6. The van der Waals surface area contributed by atoms with Crippen LogP contribution >= 0.6 is 0 Å². The molecule has 1 aromatic carbocycles. The summed E-state index contributed by atoms with van der Waals surface area (Å²) in [5.74, 6) is -1.47. The van der Waals surface area contributed by atoms with Crippen molar-refractivity contribution < 1.29 is 29.0 Å². The molecular weight excluding hydrogens is 394 g/mol. The summed E-state index contributed by atoms with van der Waals surface area (Å²) in [6.45, 7) is 4.59. The summed E-state index contributed by atoms with van der Waals surface area (Å²) >= 11 is 0. The molecule has 0 saturated heterocycles. The largest absolute Gasteiger partial charge is 0.465 e. The Labute approximate surface area is 172 Å². The lowest BCUT2D eigenvalue weighted by molar-refractivity contribution is -0.129. The van der Waals surface area contributed by atoms with E-state index in [0.29, 0.717) is 0 Å². The minimum absolute atomic E-state index is 0.0637. The molecule has 0 spiro atoms. The number of aromatic amines is 1. The van der Waals surface area contributed by atoms with Gasteiger partial charge in [0.15, 0.2) is 0 Å². The maximum atomic E-state index is 12.4. The van der Waals surface area contributed by atoms with Crippen molar-refractivity contribution in [1.82, 2.24) is 26.5 Å². The second-order valence-corrected chi connectivity index (χ2v) is 7.46. The van der Waals surface area contributed by atoms with Crippen LogP contribution < -0.4 is 21.5 Å². The topological polar surface area (TPSA) is 162 Å². The molecule has 162 valence electrons. The zero-order chi connectivity index (χ0) is 22.3. The number of hydrogen-bond acceptors (Lipinski definition) is 5. The molecule has 30 heavy (non-hydrogen) atoms. The van der Waals surface area contributed by atoms with Gasteiger partial charge in [0.2, 0.25) is 0 Å². The summed E-state index contributed by atoms with van der Waals surface area (Å²) in [4.78, 5) is 49.9. The molecule has 0 unspecified atom stereocenters. The Bertz CT molecular complexity index is 933. The fourth-order valence-corrected chi connectivity index (χ4v) is 2.61. The number of ether oxygens (including phenoxy) is 1. The number of fused-ring (bicyclic) bond motifs is 1. The number of hydrogen-bond donors (Lipinski definition) is 6. The minimum atomic E-state index is -1.38. The molecule has 4 amide bonds. The maximum Gasteiger partial charge on any atom is 0.408 e. The second kappa shape index (κ2) is 9.63. The Morgan fingerprint density at radius 1 is 1.13 bits per heavy atom. The first-order valence-electron chi connectivity index (χ1n) is 9.15. The highest BCUT2D eigenvalue weighted by Gasteiger charge is 2.23. The van der Waals surface area contributed by atoms with Crippen molar-refractivity contribution in [2.24, 2.45) is 0 Å². The van der Waals surface area contributed by atoms with Gasteiger partial charge in [-0.1, -0.05) is 18.2 Å². The number of amides is 4. The van der Waals surface area contributed by atoms with Crippen LogP contribution in [0.1, 0.15) is 26.3 Å². The lowest BCUT2D eigenvalue weighted by atomic mass is 10.0. The molecule has 1 aromatic heterocycles. The highest BCUT2D eigenvalue weighted by atomic mass is 16.6. The van der Waals surface area contributed by atoms with Gasteiger partial charge >= 0.3 is 12.2 Å². The molecule has 1 atom stereocenters. The van der Waals surface area contributed by atoms with Gasteiger partial charge in [-0.15, -0.1) is 0 Å². The maximum absolute atomic E-state index is 12.4. The Morgan fingerprint density at radius 3 is 2.50 bits per heavy atom. The van der Waals surface area contributed by atoms with Crippen LogP contribution in [0.25, 0.3) is 10.9 Å². The van der Waals surface area contributed by atoms with Crippen LogP contribution in [0.3, 0.4) is 0 Å². The van der Waals surface area contributed by atoms with Gasteiger partial charge < -0.3 is 25.5 Å². The molecule has 0 aliphatic rings. The van der Waals surface area contributed by atoms with Crippen molar-refractivity contribution in [2.45, 2.75) is 38.8 Å². The van der Waals surface area contributed by atoms with Crippen LogP contribution in [0.15, 0.2) is 30.5 Å². The zero-order valence-corrected chi connectivity index (χ0v) is 16.9. The third kappa shape index (κ3) is 7.00. The van der Waals surface area contributed by atoms with Gasteiger partial charge in [0.1, 0.15) is 18.2 Å². The van der Waals surface area contributed by atoms with Crippen LogP contribution in [0.5, 0.6) is 0 Å². The Morgan fingerprint density at radius 2 is 1.83 bits per heavy atom. The molecule has 11 heteroatoms. The average molecular weight is 419 g/mol. The van der Waals surface area contributed by atoms with Crippen molar-refractivity contribution in [3.8, 4) is 0 Å². The Hall–Kier alpha value is -3.76. The van der Waals surface area contributed by atoms with Gasteiger partial charge in [0, 0.05) is 23.5 Å². The molecule has 0 aliphatic heterocycles. The fraction of sp³-hybridized carbons (Fsp3) is 0.368. The summed E-state index contributed by atoms with van der Waals surface area (Å²) in [6.07, 6.45) is -0.409. The fourth-order valence-electron chi connectivity index (χ4n) is 2.61. The van der Waals surface area contributed by atoms with E-state index < -0.39 is 42.2 Å². The van der Waals surface area contributed by atoms with E-state index in [1.807, 2.05) is 24.3 Å². The minimum Gasteiger partial charge on any atom is -0.465 e. The third-order valence-corrected chi connectivity index (χ3v) is 3.83. The first-order chi connectivity index (χ1) is 14.0. The van der Waals surface area contributed by atoms with Crippen molar-refractivity contribution in [3.63, 3.8) is 0 Å². The number of nitrogens with one attached hydrogen (secondary N) is 5. The Kier molecular flexibility index (Phi) is 7.23. The van der Waals surface area contributed by atoms with Crippen molar-refractivity contribution in [3.05, 3.63) is 36.0 Å². The van der Waals surface area contributed by atoms with E-state index in [0.717, 1.165) is 16.5 Å². The highest BCUT2D eigenvalue weighted by Crippen LogP contribution is 2.19. The van der Waals surface area contributed by atoms with Crippen molar-refractivity contribution in [1.29, 1.82) is 0 Å². The number of hydrazine groups is 1. The Balaban J connectivity index is 1.91. The molecular formula is C19H25N5O6. The summed E-state index contributed by atoms with van der Waals surface area (Å²) in [6, 6.07) is 6.23. The molecule has 0 fully saturated rings. The molecule has 6 N–H and O–H groups in total. The normalized spacial score (nSPS) is 12.0. The van der Waals surface area contributed by atoms with E-state index in [-0.39, 0.29) is 6.42 Å². The van der Waals surface area contributed by atoms with Gasteiger partial charge in [-0.2, -0.15) is 0 Å². The summed E-state index contributed by atoms with van der Waals surface area (Å²) < 4.78 is 4.99. The number of carboxylic acid groups (broad SMARTS) is 1. The average Bonchev–Trinajstić information content (AvgIpc) is 3.05. The van der Waals surface area contributed by atoms with Crippen molar-refractivity contribution in [2.75, 3.05) is 6.54 Å². The number of carbonyl (C=O) groups is 4. The quantitative estimate of drug-likeness (QED) is 0.383. The number of H-pyrrole nitrogens is 1. The predicted molar refractivity (Wildman–Crippen MR) is 107 cm³/mol. The molecule has 0 radical (unpaired) electrons. The monoisotopic (exact) mass is 419 g/mol. The van der Waals surface area contributed by atoms with Crippen LogP contribution in [0.2, 0.25) is 0 Å². The van der Waals surface area contributed by atoms with Crippen LogP contribution in [-0.4, -0.2) is 52.3 Å². The number of carbonyl (C=O) groups excluding carboxylic acids is 3.